The Balaban J connectivity index is 2.94. The van der Waals surface area contributed by atoms with Crippen molar-refractivity contribution in [1.29, 1.82) is 0 Å². The largest absolute Gasteiger partial charge is 0.319 e. The molecule has 1 atom stereocenters. The molecule has 0 aliphatic carbocycles. The van der Waals surface area contributed by atoms with Crippen LogP contribution in [0.15, 0.2) is 24.3 Å². The third-order valence-electron chi connectivity index (χ3n) is 4.08. The van der Waals surface area contributed by atoms with Crippen LogP contribution in [0.4, 0.5) is 0 Å². The van der Waals surface area contributed by atoms with Crippen molar-refractivity contribution in [3.05, 3.63) is 35.4 Å². The molecule has 0 radical (unpaired) electrons. The number of benzene rings is 1. The maximum absolute atomic E-state index is 3.33. The van der Waals surface area contributed by atoms with E-state index in [0.29, 0.717) is 5.92 Å². The average Bonchev–Trinajstić information content (AvgIpc) is 2.29. The van der Waals surface area contributed by atoms with Crippen LogP contribution < -0.4 is 5.32 Å². The fourth-order valence-corrected chi connectivity index (χ4v) is 2.50. The number of hydrogen-bond acceptors (Lipinski definition) is 1. The van der Waals surface area contributed by atoms with Crippen LogP contribution >= 0.6 is 0 Å². The fourth-order valence-electron chi connectivity index (χ4n) is 2.50. The normalized spacial score (nSPS) is 15.1. The average molecular weight is 247 g/mol. The quantitative estimate of drug-likeness (QED) is 0.800. The van der Waals surface area contributed by atoms with E-state index in [1.165, 1.54) is 17.5 Å². The molecule has 0 heterocycles. The summed E-state index contributed by atoms with van der Waals surface area (Å²) in [4.78, 5) is 0. The minimum absolute atomic E-state index is 0.213. The van der Waals surface area contributed by atoms with Crippen molar-refractivity contribution in [2.45, 2.75) is 46.5 Å². The first-order valence-corrected chi connectivity index (χ1v) is 7.14. The van der Waals surface area contributed by atoms with Crippen molar-refractivity contribution in [2.24, 2.45) is 11.8 Å². The van der Waals surface area contributed by atoms with E-state index >= 15 is 0 Å². The maximum Gasteiger partial charge on any atom is 0.00723 e. The Labute approximate surface area is 113 Å². The summed E-state index contributed by atoms with van der Waals surface area (Å²) in [5.41, 5.74) is 3.11. The molecule has 102 valence electrons. The predicted octanol–water partition coefficient (Wildman–Crippen LogP) is 4.02. The molecule has 0 aliphatic rings. The van der Waals surface area contributed by atoms with Gasteiger partial charge in [-0.2, -0.15) is 0 Å². The van der Waals surface area contributed by atoms with Crippen molar-refractivity contribution in [1.82, 2.24) is 5.32 Å². The summed E-state index contributed by atoms with van der Waals surface area (Å²) in [5.74, 6) is 1.35. The SMILES string of the molecule is CNCC(C)(c1ccc(CC(C)C)cc1)C(C)C. The molecule has 0 aromatic heterocycles. The third kappa shape index (κ3) is 3.58. The van der Waals surface area contributed by atoms with Crippen molar-refractivity contribution in [3.8, 4) is 0 Å². The van der Waals surface area contributed by atoms with Crippen molar-refractivity contribution >= 4 is 0 Å². The van der Waals surface area contributed by atoms with Gasteiger partial charge in [0.2, 0.25) is 0 Å². The van der Waals surface area contributed by atoms with Gasteiger partial charge in [0.15, 0.2) is 0 Å². The van der Waals surface area contributed by atoms with E-state index in [2.05, 4.69) is 64.2 Å². The van der Waals surface area contributed by atoms with Crippen LogP contribution in [-0.4, -0.2) is 13.6 Å². The van der Waals surface area contributed by atoms with Crippen LogP contribution in [-0.2, 0) is 11.8 Å². The van der Waals surface area contributed by atoms with Gasteiger partial charge in [0.05, 0.1) is 0 Å². The second-order valence-electron chi connectivity index (χ2n) is 6.40. The standard InChI is InChI=1S/C17H29N/c1-13(2)11-15-7-9-16(10-8-15)17(5,12-18-6)14(3)4/h7-10,13-14,18H,11-12H2,1-6H3. The molecular weight excluding hydrogens is 218 g/mol. The van der Waals surface area contributed by atoms with Crippen LogP contribution in [0.5, 0.6) is 0 Å². The lowest BCUT2D eigenvalue weighted by atomic mass is 9.73. The molecule has 0 saturated heterocycles. The van der Waals surface area contributed by atoms with E-state index in [4.69, 9.17) is 0 Å². The molecule has 1 rings (SSSR count). The summed E-state index contributed by atoms with van der Waals surface area (Å²) in [7, 11) is 2.04. The molecular formula is C17H29N. The smallest absolute Gasteiger partial charge is 0.00723 e. The second kappa shape index (κ2) is 6.38. The van der Waals surface area contributed by atoms with E-state index in [9.17, 15) is 0 Å². The number of likely N-dealkylation sites (N-methyl/N-ethyl adjacent to an activating group) is 1. The molecule has 0 spiro atoms. The molecule has 0 saturated carbocycles. The highest BCUT2D eigenvalue weighted by molar-refractivity contribution is 5.30. The summed E-state index contributed by atoms with van der Waals surface area (Å²) in [6.45, 7) is 12.5. The molecule has 0 fully saturated rings. The van der Waals surface area contributed by atoms with Gasteiger partial charge >= 0.3 is 0 Å². The number of hydrogen-bond donors (Lipinski definition) is 1. The third-order valence-corrected chi connectivity index (χ3v) is 4.08. The highest BCUT2D eigenvalue weighted by atomic mass is 14.8. The molecule has 1 unspecified atom stereocenters. The topological polar surface area (TPSA) is 12.0 Å². The molecule has 1 nitrogen and oxygen atoms in total. The van der Waals surface area contributed by atoms with Gasteiger partial charge < -0.3 is 5.32 Å². The molecule has 1 heteroatoms. The minimum Gasteiger partial charge on any atom is -0.319 e. The second-order valence-corrected chi connectivity index (χ2v) is 6.40. The van der Waals surface area contributed by atoms with Crippen molar-refractivity contribution in [2.75, 3.05) is 13.6 Å². The zero-order valence-electron chi connectivity index (χ0n) is 12.9. The Hall–Kier alpha value is -0.820. The van der Waals surface area contributed by atoms with Gasteiger partial charge in [-0.1, -0.05) is 58.9 Å². The van der Waals surface area contributed by atoms with Gasteiger partial charge in [0.1, 0.15) is 0 Å². The van der Waals surface area contributed by atoms with E-state index in [1.54, 1.807) is 0 Å². The van der Waals surface area contributed by atoms with Crippen molar-refractivity contribution < 1.29 is 0 Å². The summed E-state index contributed by atoms with van der Waals surface area (Å²) < 4.78 is 0. The lowest BCUT2D eigenvalue weighted by molar-refractivity contribution is 0.327. The van der Waals surface area contributed by atoms with Crippen LogP contribution in [0.2, 0.25) is 0 Å². The first-order valence-electron chi connectivity index (χ1n) is 7.14. The van der Waals surface area contributed by atoms with Crippen LogP contribution in [0.1, 0.15) is 45.7 Å². The lowest BCUT2D eigenvalue weighted by Crippen LogP contribution is -2.38. The number of nitrogens with one attached hydrogen (secondary N) is 1. The molecule has 0 bridgehead atoms. The van der Waals surface area contributed by atoms with Gasteiger partial charge in [-0.3, -0.25) is 0 Å². The molecule has 0 amide bonds. The molecule has 18 heavy (non-hydrogen) atoms. The van der Waals surface area contributed by atoms with E-state index in [-0.39, 0.29) is 5.41 Å². The Morgan fingerprint density at radius 3 is 2.00 bits per heavy atom. The molecule has 1 aromatic rings. The zero-order valence-corrected chi connectivity index (χ0v) is 12.9. The van der Waals surface area contributed by atoms with Crippen molar-refractivity contribution in [3.63, 3.8) is 0 Å². The summed E-state index contributed by atoms with van der Waals surface area (Å²) in [6, 6.07) is 9.22. The predicted molar refractivity (Wildman–Crippen MR) is 81.1 cm³/mol. The Morgan fingerprint density at radius 1 is 1.06 bits per heavy atom. The first-order chi connectivity index (χ1) is 8.40. The van der Waals surface area contributed by atoms with E-state index < -0.39 is 0 Å². The van der Waals surface area contributed by atoms with Gasteiger partial charge in [-0.15, -0.1) is 0 Å². The lowest BCUT2D eigenvalue weighted by Gasteiger charge is -2.34. The molecule has 1 aromatic carbocycles. The highest BCUT2D eigenvalue weighted by Gasteiger charge is 2.29. The van der Waals surface area contributed by atoms with Gasteiger partial charge in [0, 0.05) is 12.0 Å². The fraction of sp³-hybridized carbons (Fsp3) is 0.647. The minimum atomic E-state index is 0.213. The van der Waals surface area contributed by atoms with E-state index in [1.807, 2.05) is 7.05 Å². The number of rotatable bonds is 6. The summed E-state index contributed by atoms with van der Waals surface area (Å²) in [6.07, 6.45) is 1.17. The van der Waals surface area contributed by atoms with Gasteiger partial charge in [0.25, 0.3) is 0 Å². The monoisotopic (exact) mass is 247 g/mol. The maximum atomic E-state index is 3.33. The van der Waals surface area contributed by atoms with Gasteiger partial charge in [-0.05, 0) is 36.4 Å². The Morgan fingerprint density at radius 2 is 1.61 bits per heavy atom. The van der Waals surface area contributed by atoms with Crippen LogP contribution in [0.25, 0.3) is 0 Å². The summed E-state index contributed by atoms with van der Waals surface area (Å²) in [5, 5.41) is 3.33. The first kappa shape index (κ1) is 15.2. The van der Waals surface area contributed by atoms with Crippen LogP contribution in [0.3, 0.4) is 0 Å². The Kier molecular flexibility index (Phi) is 5.40. The zero-order chi connectivity index (χ0) is 13.8. The highest BCUT2D eigenvalue weighted by Crippen LogP contribution is 2.31. The van der Waals surface area contributed by atoms with Crippen LogP contribution in [0, 0.1) is 11.8 Å². The molecule has 0 aliphatic heterocycles. The summed E-state index contributed by atoms with van der Waals surface area (Å²) >= 11 is 0. The molecule has 1 N–H and O–H groups in total. The van der Waals surface area contributed by atoms with E-state index in [0.717, 1.165) is 12.5 Å². The Bertz CT molecular complexity index is 350. The van der Waals surface area contributed by atoms with Gasteiger partial charge in [-0.25, -0.2) is 0 Å².